The van der Waals surface area contributed by atoms with Gasteiger partial charge in [-0.2, -0.15) is 0 Å². The second-order valence-electron chi connectivity index (χ2n) is 5.56. The molecule has 1 unspecified atom stereocenters. The number of Topliss-reactive ketones (excluding diaryl/α,β-unsaturated/α-hetero) is 1. The van der Waals surface area contributed by atoms with E-state index >= 15 is 0 Å². The van der Waals surface area contributed by atoms with Gasteiger partial charge in [0.15, 0.2) is 5.78 Å². The van der Waals surface area contributed by atoms with Gasteiger partial charge in [0.1, 0.15) is 6.10 Å². The number of aliphatic hydroxyl groups is 1. The summed E-state index contributed by atoms with van der Waals surface area (Å²) in [6, 6.07) is 16.4. The van der Waals surface area contributed by atoms with Crippen LogP contribution in [-0.2, 0) is 11.2 Å². The summed E-state index contributed by atoms with van der Waals surface area (Å²) in [5.74, 6) is -0.185. The minimum absolute atomic E-state index is 0.185. The molecule has 2 rings (SSSR count). The predicted octanol–water partition coefficient (Wildman–Crippen LogP) is 4.86. The van der Waals surface area contributed by atoms with Gasteiger partial charge in [0.2, 0.25) is 0 Å². The molecule has 0 saturated heterocycles. The van der Waals surface area contributed by atoms with Crippen LogP contribution < -0.4 is 0 Å². The molecule has 1 atom stereocenters. The van der Waals surface area contributed by atoms with Crippen molar-refractivity contribution in [3.63, 3.8) is 0 Å². The van der Waals surface area contributed by atoms with Crippen LogP contribution in [-0.4, -0.2) is 17.0 Å². The van der Waals surface area contributed by atoms with Crippen molar-refractivity contribution in [3.05, 3.63) is 76.8 Å². The Morgan fingerprint density at radius 2 is 1.61 bits per heavy atom. The molecule has 3 heteroatoms. The zero-order valence-electron chi connectivity index (χ0n) is 13.8. The first kappa shape index (κ1) is 19.1. The van der Waals surface area contributed by atoms with E-state index < -0.39 is 6.10 Å². The van der Waals surface area contributed by atoms with Crippen molar-refractivity contribution in [2.24, 2.45) is 0 Å². The number of allylic oxidation sites excluding steroid dienone is 1. The Hall–Kier alpha value is -1.90. The Balaban J connectivity index is 0.000000379. The number of carbonyl (C=O) groups excluding carboxylic acids is 1. The number of hydrogen-bond donors (Lipinski definition) is 1. The number of ketones is 1. The zero-order chi connectivity index (χ0) is 17.4. The Kier molecular flexibility index (Phi) is 7.73. The molecule has 0 aliphatic rings. The maximum absolute atomic E-state index is 9.89. The van der Waals surface area contributed by atoms with Crippen LogP contribution in [0.1, 0.15) is 30.5 Å². The Bertz CT molecular complexity index is 640. The number of rotatable bonds is 4. The van der Waals surface area contributed by atoms with E-state index in [1.807, 2.05) is 24.3 Å². The van der Waals surface area contributed by atoms with Crippen molar-refractivity contribution in [2.45, 2.75) is 33.3 Å². The Morgan fingerprint density at radius 3 is 2.04 bits per heavy atom. The summed E-state index contributed by atoms with van der Waals surface area (Å²) < 4.78 is 0. The molecular formula is C20H23ClO2. The second-order valence-corrected chi connectivity index (χ2v) is 6.00. The minimum atomic E-state index is -0.787. The fourth-order valence-electron chi connectivity index (χ4n) is 1.74. The predicted molar refractivity (Wildman–Crippen MR) is 97.7 cm³/mol. The normalized spacial score (nSPS) is 11.2. The highest BCUT2D eigenvalue weighted by molar-refractivity contribution is 6.30. The lowest BCUT2D eigenvalue weighted by Gasteiger charge is -2.06. The minimum Gasteiger partial charge on any atom is -0.386 e. The van der Waals surface area contributed by atoms with Crippen LogP contribution in [0.2, 0.25) is 5.02 Å². The van der Waals surface area contributed by atoms with Gasteiger partial charge in [-0.1, -0.05) is 60.1 Å². The molecule has 0 bridgehead atoms. The van der Waals surface area contributed by atoms with Crippen LogP contribution in [0, 0.1) is 6.92 Å². The van der Waals surface area contributed by atoms with Gasteiger partial charge in [-0.05, 0) is 56.0 Å². The van der Waals surface area contributed by atoms with E-state index in [-0.39, 0.29) is 5.78 Å². The standard InChI is InChI=1S/C16H15Cl.C4H8O2/c1-12-3-7-15(8-4-12)13(2)11-14-5-9-16(17)10-6-14;1-3(5)4(2)6/h3-10H,2,11H2,1H3;3,5H,1-2H3. The van der Waals surface area contributed by atoms with Gasteiger partial charge in [-0.15, -0.1) is 0 Å². The molecule has 2 aromatic carbocycles. The van der Waals surface area contributed by atoms with Crippen LogP contribution >= 0.6 is 11.6 Å². The molecule has 0 spiro atoms. The number of benzene rings is 2. The molecule has 0 radical (unpaired) electrons. The highest BCUT2D eigenvalue weighted by Gasteiger charge is 2.01. The maximum atomic E-state index is 9.89. The first-order valence-corrected chi connectivity index (χ1v) is 7.85. The summed E-state index contributed by atoms with van der Waals surface area (Å²) >= 11 is 5.86. The summed E-state index contributed by atoms with van der Waals surface area (Å²) in [6.45, 7) is 9.03. The van der Waals surface area contributed by atoms with E-state index in [0.717, 1.165) is 17.0 Å². The SMILES string of the molecule is C=C(Cc1ccc(Cl)cc1)c1ccc(C)cc1.CC(=O)C(C)O. The van der Waals surface area contributed by atoms with E-state index in [4.69, 9.17) is 16.7 Å². The first-order valence-electron chi connectivity index (χ1n) is 7.47. The first-order chi connectivity index (χ1) is 10.8. The molecule has 0 saturated carbocycles. The average molecular weight is 331 g/mol. The molecule has 2 aromatic rings. The van der Waals surface area contributed by atoms with E-state index in [1.54, 1.807) is 0 Å². The van der Waals surface area contributed by atoms with Gasteiger partial charge >= 0.3 is 0 Å². The van der Waals surface area contributed by atoms with Gasteiger partial charge in [-0.25, -0.2) is 0 Å². The van der Waals surface area contributed by atoms with Crippen LogP contribution in [0.25, 0.3) is 5.57 Å². The molecule has 2 nitrogen and oxygen atoms in total. The van der Waals surface area contributed by atoms with Crippen LogP contribution in [0.4, 0.5) is 0 Å². The number of aryl methyl sites for hydroxylation is 1. The average Bonchev–Trinajstić information content (AvgIpc) is 2.50. The number of aliphatic hydroxyl groups excluding tert-OH is 1. The van der Waals surface area contributed by atoms with Gasteiger partial charge in [0.25, 0.3) is 0 Å². The van der Waals surface area contributed by atoms with E-state index in [2.05, 4.69) is 37.8 Å². The van der Waals surface area contributed by atoms with Crippen LogP contribution in [0.3, 0.4) is 0 Å². The lowest BCUT2D eigenvalue weighted by molar-refractivity contribution is -0.124. The highest BCUT2D eigenvalue weighted by Crippen LogP contribution is 2.19. The number of hydrogen-bond acceptors (Lipinski definition) is 2. The topological polar surface area (TPSA) is 37.3 Å². The smallest absolute Gasteiger partial charge is 0.157 e. The fourth-order valence-corrected chi connectivity index (χ4v) is 1.87. The van der Waals surface area contributed by atoms with Gasteiger partial charge in [0, 0.05) is 5.02 Å². The quantitative estimate of drug-likeness (QED) is 0.869. The van der Waals surface area contributed by atoms with Crippen molar-refractivity contribution in [3.8, 4) is 0 Å². The lowest BCUT2D eigenvalue weighted by Crippen LogP contribution is -2.10. The Morgan fingerprint density at radius 1 is 1.13 bits per heavy atom. The Labute approximate surface area is 143 Å². The molecular weight excluding hydrogens is 308 g/mol. The molecule has 0 aromatic heterocycles. The molecule has 0 aliphatic heterocycles. The highest BCUT2D eigenvalue weighted by atomic mass is 35.5. The fraction of sp³-hybridized carbons (Fsp3) is 0.250. The summed E-state index contributed by atoms with van der Waals surface area (Å²) in [5.41, 5.74) is 4.84. The van der Waals surface area contributed by atoms with E-state index in [1.165, 1.54) is 30.5 Å². The molecule has 1 N–H and O–H groups in total. The number of halogens is 1. The largest absolute Gasteiger partial charge is 0.386 e. The second kappa shape index (κ2) is 9.29. The molecule has 0 aliphatic carbocycles. The number of carbonyl (C=O) groups is 1. The molecule has 0 heterocycles. The van der Waals surface area contributed by atoms with Crippen molar-refractivity contribution in [1.82, 2.24) is 0 Å². The monoisotopic (exact) mass is 330 g/mol. The molecule has 122 valence electrons. The van der Waals surface area contributed by atoms with E-state index in [9.17, 15) is 4.79 Å². The molecule has 0 amide bonds. The van der Waals surface area contributed by atoms with E-state index in [0.29, 0.717) is 0 Å². The third-order valence-corrected chi connectivity index (χ3v) is 3.63. The molecule has 23 heavy (non-hydrogen) atoms. The van der Waals surface area contributed by atoms with Crippen molar-refractivity contribution >= 4 is 23.0 Å². The van der Waals surface area contributed by atoms with Crippen LogP contribution in [0.5, 0.6) is 0 Å². The van der Waals surface area contributed by atoms with Crippen molar-refractivity contribution < 1.29 is 9.90 Å². The zero-order valence-corrected chi connectivity index (χ0v) is 14.6. The summed E-state index contributed by atoms with van der Waals surface area (Å²) in [4.78, 5) is 9.89. The van der Waals surface area contributed by atoms with Gasteiger partial charge < -0.3 is 5.11 Å². The summed E-state index contributed by atoms with van der Waals surface area (Å²) in [6.07, 6.45) is 0.0743. The van der Waals surface area contributed by atoms with Crippen LogP contribution in [0.15, 0.2) is 55.1 Å². The summed E-state index contributed by atoms with van der Waals surface area (Å²) in [7, 11) is 0. The summed E-state index contributed by atoms with van der Waals surface area (Å²) in [5, 5.41) is 9.05. The molecule has 0 fully saturated rings. The van der Waals surface area contributed by atoms with Gasteiger partial charge in [0.05, 0.1) is 0 Å². The van der Waals surface area contributed by atoms with Crippen molar-refractivity contribution in [2.75, 3.05) is 0 Å². The lowest BCUT2D eigenvalue weighted by atomic mass is 9.99. The van der Waals surface area contributed by atoms with Gasteiger partial charge in [-0.3, -0.25) is 4.79 Å². The third kappa shape index (κ3) is 7.27. The third-order valence-electron chi connectivity index (χ3n) is 3.38. The maximum Gasteiger partial charge on any atom is 0.157 e. The van der Waals surface area contributed by atoms with Crippen molar-refractivity contribution in [1.29, 1.82) is 0 Å².